The molecular formula is C11H18N2O3. The van der Waals surface area contributed by atoms with E-state index in [1.54, 1.807) is 6.92 Å². The van der Waals surface area contributed by atoms with E-state index in [0.29, 0.717) is 19.6 Å². The first-order valence-corrected chi connectivity index (χ1v) is 5.77. The van der Waals surface area contributed by atoms with Crippen molar-refractivity contribution >= 4 is 11.8 Å². The van der Waals surface area contributed by atoms with Crippen LogP contribution in [0.1, 0.15) is 19.8 Å². The Hall–Kier alpha value is -0.940. The second-order valence-corrected chi connectivity index (χ2v) is 4.74. The number of rotatable bonds is 3. The minimum atomic E-state index is -0.181. The van der Waals surface area contributed by atoms with E-state index >= 15 is 0 Å². The predicted molar refractivity (Wildman–Crippen MR) is 57.4 cm³/mol. The number of carbonyl (C=O) groups excluding carboxylic acids is 2. The van der Waals surface area contributed by atoms with Gasteiger partial charge in [0.25, 0.3) is 0 Å². The number of nitrogens with zero attached hydrogens (tertiary/aromatic N) is 1. The average molecular weight is 226 g/mol. The summed E-state index contributed by atoms with van der Waals surface area (Å²) in [5.41, 5.74) is 6.00. The Kier molecular flexibility index (Phi) is 3.25. The largest absolute Gasteiger partial charge is 0.381 e. The molecular weight excluding hydrogens is 208 g/mol. The molecule has 0 aromatic carbocycles. The molecule has 2 N–H and O–H groups in total. The highest BCUT2D eigenvalue weighted by Gasteiger charge is 2.37. The Bertz CT molecular complexity index is 300. The zero-order valence-corrected chi connectivity index (χ0v) is 9.52. The van der Waals surface area contributed by atoms with Crippen LogP contribution in [0.25, 0.3) is 0 Å². The molecule has 2 heterocycles. The van der Waals surface area contributed by atoms with Crippen molar-refractivity contribution in [2.75, 3.05) is 19.8 Å². The first-order valence-electron chi connectivity index (χ1n) is 5.77. The van der Waals surface area contributed by atoms with E-state index in [9.17, 15) is 9.59 Å². The van der Waals surface area contributed by atoms with Crippen molar-refractivity contribution in [3.63, 3.8) is 0 Å². The van der Waals surface area contributed by atoms with Gasteiger partial charge in [-0.3, -0.25) is 14.5 Å². The molecule has 2 amide bonds. The summed E-state index contributed by atoms with van der Waals surface area (Å²) in [6.07, 6.45) is 1.25. The summed E-state index contributed by atoms with van der Waals surface area (Å²) in [5, 5.41) is 0. The highest BCUT2D eigenvalue weighted by atomic mass is 16.5. The fourth-order valence-electron chi connectivity index (χ4n) is 2.29. The van der Waals surface area contributed by atoms with Crippen LogP contribution in [-0.4, -0.2) is 42.5 Å². The van der Waals surface area contributed by atoms with Gasteiger partial charge >= 0.3 is 0 Å². The number of likely N-dealkylation sites (tertiary alicyclic amines) is 1. The molecule has 90 valence electrons. The number of hydrogen-bond donors (Lipinski definition) is 1. The maximum atomic E-state index is 11.7. The molecule has 0 bridgehead atoms. The number of hydrogen-bond acceptors (Lipinski definition) is 4. The molecule has 2 aliphatic rings. The van der Waals surface area contributed by atoms with Gasteiger partial charge in [0.2, 0.25) is 11.8 Å². The van der Waals surface area contributed by atoms with Crippen LogP contribution >= 0.6 is 0 Å². The van der Waals surface area contributed by atoms with Crippen LogP contribution in [0.3, 0.4) is 0 Å². The molecule has 2 fully saturated rings. The van der Waals surface area contributed by atoms with Gasteiger partial charge in [-0.1, -0.05) is 6.92 Å². The molecule has 0 aliphatic carbocycles. The van der Waals surface area contributed by atoms with Gasteiger partial charge in [0.05, 0.1) is 6.61 Å². The molecule has 2 aliphatic heterocycles. The van der Waals surface area contributed by atoms with E-state index in [1.807, 2.05) is 0 Å². The summed E-state index contributed by atoms with van der Waals surface area (Å²) in [5.74, 6) is -0.0812. The molecule has 5 nitrogen and oxygen atoms in total. The van der Waals surface area contributed by atoms with Gasteiger partial charge in [0.15, 0.2) is 0 Å². The predicted octanol–water partition coefficient (Wildman–Crippen LogP) is -0.255. The third-order valence-corrected chi connectivity index (χ3v) is 3.43. The topological polar surface area (TPSA) is 72.6 Å². The second kappa shape index (κ2) is 4.51. The Morgan fingerprint density at radius 3 is 2.81 bits per heavy atom. The Morgan fingerprint density at radius 1 is 1.56 bits per heavy atom. The van der Waals surface area contributed by atoms with Crippen molar-refractivity contribution in [1.82, 2.24) is 4.90 Å². The van der Waals surface area contributed by atoms with Gasteiger partial charge in [-0.2, -0.15) is 0 Å². The Labute approximate surface area is 94.9 Å². The average Bonchev–Trinajstić information content (AvgIpc) is 2.83. The molecule has 0 aromatic rings. The van der Waals surface area contributed by atoms with Crippen molar-refractivity contribution in [2.24, 2.45) is 17.6 Å². The third kappa shape index (κ3) is 2.10. The SMILES string of the molecule is CC1CC(=O)N(CC(N)C2CCOC2)C1=O. The fraction of sp³-hybridized carbons (Fsp3) is 0.818. The van der Waals surface area contributed by atoms with Crippen molar-refractivity contribution in [1.29, 1.82) is 0 Å². The molecule has 16 heavy (non-hydrogen) atoms. The van der Waals surface area contributed by atoms with Gasteiger partial charge < -0.3 is 10.5 Å². The molecule has 5 heteroatoms. The normalized spacial score (nSPS) is 32.5. The van der Waals surface area contributed by atoms with Crippen molar-refractivity contribution in [3.8, 4) is 0 Å². The number of nitrogens with two attached hydrogens (primary N) is 1. The quantitative estimate of drug-likeness (QED) is 0.673. The van der Waals surface area contributed by atoms with Crippen molar-refractivity contribution < 1.29 is 14.3 Å². The summed E-state index contributed by atoms with van der Waals surface area (Å²) in [7, 11) is 0. The summed E-state index contributed by atoms with van der Waals surface area (Å²) >= 11 is 0. The monoisotopic (exact) mass is 226 g/mol. The van der Waals surface area contributed by atoms with Crippen molar-refractivity contribution in [3.05, 3.63) is 0 Å². The number of carbonyl (C=O) groups is 2. The lowest BCUT2D eigenvalue weighted by atomic mass is 9.99. The minimum absolute atomic E-state index is 0.0839. The minimum Gasteiger partial charge on any atom is -0.381 e. The van der Waals surface area contributed by atoms with Crippen molar-refractivity contribution in [2.45, 2.75) is 25.8 Å². The lowest BCUT2D eigenvalue weighted by Gasteiger charge is -2.23. The molecule has 3 atom stereocenters. The maximum absolute atomic E-state index is 11.7. The molecule has 0 saturated carbocycles. The van der Waals surface area contributed by atoms with Crippen LogP contribution in [0, 0.1) is 11.8 Å². The first-order chi connectivity index (χ1) is 7.59. The summed E-state index contributed by atoms with van der Waals surface area (Å²) in [6, 6.07) is -0.152. The van der Waals surface area contributed by atoms with E-state index in [0.717, 1.165) is 13.0 Å². The van der Waals surface area contributed by atoms with E-state index in [1.165, 1.54) is 4.90 Å². The number of ether oxygens (including phenoxy) is 1. The Morgan fingerprint density at radius 2 is 2.31 bits per heavy atom. The van der Waals surface area contributed by atoms with Gasteiger partial charge in [-0.25, -0.2) is 0 Å². The van der Waals surface area contributed by atoms with Gasteiger partial charge in [0, 0.05) is 37.5 Å². The lowest BCUT2D eigenvalue weighted by molar-refractivity contribution is -0.139. The van der Waals surface area contributed by atoms with Gasteiger partial charge in [0.1, 0.15) is 0 Å². The number of amides is 2. The molecule has 2 rings (SSSR count). The van der Waals surface area contributed by atoms with Crippen LogP contribution in [0.15, 0.2) is 0 Å². The smallest absolute Gasteiger partial charge is 0.232 e. The fourth-order valence-corrected chi connectivity index (χ4v) is 2.29. The molecule has 3 unspecified atom stereocenters. The van der Waals surface area contributed by atoms with E-state index in [4.69, 9.17) is 10.5 Å². The number of imide groups is 1. The van der Waals surface area contributed by atoms with E-state index in [-0.39, 0.29) is 29.7 Å². The van der Waals surface area contributed by atoms with Crippen LogP contribution in [0.5, 0.6) is 0 Å². The van der Waals surface area contributed by atoms with Crippen LogP contribution < -0.4 is 5.73 Å². The molecule has 0 spiro atoms. The third-order valence-electron chi connectivity index (χ3n) is 3.43. The Balaban J connectivity index is 1.93. The zero-order chi connectivity index (χ0) is 11.7. The van der Waals surface area contributed by atoms with Gasteiger partial charge in [-0.15, -0.1) is 0 Å². The lowest BCUT2D eigenvalue weighted by Crippen LogP contribution is -2.45. The van der Waals surface area contributed by atoms with E-state index < -0.39 is 0 Å². The summed E-state index contributed by atoms with van der Waals surface area (Å²) in [4.78, 5) is 24.6. The first kappa shape index (κ1) is 11.5. The van der Waals surface area contributed by atoms with Gasteiger partial charge in [-0.05, 0) is 6.42 Å². The molecule has 0 radical (unpaired) electrons. The molecule has 2 saturated heterocycles. The van der Waals surface area contributed by atoms with Crippen LogP contribution in [-0.2, 0) is 14.3 Å². The zero-order valence-electron chi connectivity index (χ0n) is 9.52. The van der Waals surface area contributed by atoms with Crippen LogP contribution in [0.4, 0.5) is 0 Å². The summed E-state index contributed by atoms with van der Waals surface area (Å²) in [6.45, 7) is 3.50. The highest BCUT2D eigenvalue weighted by molar-refractivity contribution is 6.03. The maximum Gasteiger partial charge on any atom is 0.232 e. The summed E-state index contributed by atoms with van der Waals surface area (Å²) < 4.78 is 5.25. The second-order valence-electron chi connectivity index (χ2n) is 4.74. The molecule has 0 aromatic heterocycles. The van der Waals surface area contributed by atoms with E-state index in [2.05, 4.69) is 0 Å². The standard InChI is InChI=1S/C11H18N2O3/c1-7-4-10(14)13(11(7)15)5-9(12)8-2-3-16-6-8/h7-9H,2-6,12H2,1H3. The highest BCUT2D eigenvalue weighted by Crippen LogP contribution is 2.22. The van der Waals surface area contributed by atoms with Crippen LogP contribution in [0.2, 0.25) is 0 Å².